The number of nitrogens with two attached hydrogens (primary N) is 1. The maximum Gasteiger partial charge on any atom is 0.262 e. The van der Waals surface area contributed by atoms with E-state index in [1.807, 2.05) is 0 Å². The SMILES string of the molecule is Cc1cc(Br)c(N)cc1S(=O)(=O)Nc1cccnc1Cl. The Morgan fingerprint density at radius 2 is 2.10 bits per heavy atom. The van der Waals surface area contributed by atoms with Crippen LogP contribution in [0.1, 0.15) is 5.56 Å². The van der Waals surface area contributed by atoms with Gasteiger partial charge < -0.3 is 5.73 Å². The first-order chi connectivity index (χ1) is 9.31. The van der Waals surface area contributed by atoms with Crippen LogP contribution in [0.5, 0.6) is 0 Å². The highest BCUT2D eigenvalue weighted by molar-refractivity contribution is 9.10. The number of aryl methyl sites for hydroxylation is 1. The monoisotopic (exact) mass is 375 g/mol. The van der Waals surface area contributed by atoms with Crippen molar-refractivity contribution in [1.82, 2.24) is 4.98 Å². The molecular weight excluding hydrogens is 366 g/mol. The van der Waals surface area contributed by atoms with Gasteiger partial charge in [-0.1, -0.05) is 11.6 Å². The zero-order valence-corrected chi connectivity index (χ0v) is 13.6. The largest absolute Gasteiger partial charge is 0.398 e. The fraction of sp³-hybridized carbons (Fsp3) is 0.0833. The van der Waals surface area contributed by atoms with Crippen LogP contribution in [0.2, 0.25) is 5.15 Å². The normalized spacial score (nSPS) is 11.3. The molecule has 20 heavy (non-hydrogen) atoms. The molecule has 1 aromatic carbocycles. The van der Waals surface area contributed by atoms with Crippen LogP contribution in [0.3, 0.4) is 0 Å². The number of nitrogens with one attached hydrogen (secondary N) is 1. The summed E-state index contributed by atoms with van der Waals surface area (Å²) in [6.07, 6.45) is 1.48. The third-order valence-electron chi connectivity index (χ3n) is 2.59. The van der Waals surface area contributed by atoms with Crippen LogP contribution >= 0.6 is 27.5 Å². The van der Waals surface area contributed by atoms with Gasteiger partial charge in [-0.2, -0.15) is 0 Å². The second-order valence-corrected chi connectivity index (χ2v) is 6.95. The van der Waals surface area contributed by atoms with E-state index in [4.69, 9.17) is 17.3 Å². The summed E-state index contributed by atoms with van der Waals surface area (Å²) >= 11 is 9.10. The first kappa shape index (κ1) is 15.1. The van der Waals surface area contributed by atoms with Crippen LogP contribution in [0.25, 0.3) is 0 Å². The van der Waals surface area contributed by atoms with Crippen LogP contribution in [-0.4, -0.2) is 13.4 Å². The molecular formula is C12H11BrClN3O2S. The Labute approximate surface area is 130 Å². The number of anilines is 2. The van der Waals surface area contributed by atoms with Crippen molar-refractivity contribution in [2.24, 2.45) is 0 Å². The van der Waals surface area contributed by atoms with Gasteiger partial charge in [-0.3, -0.25) is 4.72 Å². The summed E-state index contributed by atoms with van der Waals surface area (Å²) in [5.41, 5.74) is 6.86. The Hall–Kier alpha value is -1.31. The number of pyridine rings is 1. The van der Waals surface area contributed by atoms with E-state index in [0.717, 1.165) is 0 Å². The number of rotatable bonds is 3. The highest BCUT2D eigenvalue weighted by atomic mass is 79.9. The maximum atomic E-state index is 12.4. The van der Waals surface area contributed by atoms with Crippen LogP contribution in [0, 0.1) is 6.92 Å². The topological polar surface area (TPSA) is 85.1 Å². The summed E-state index contributed by atoms with van der Waals surface area (Å²) in [5.74, 6) is 0. The van der Waals surface area contributed by atoms with Crippen LogP contribution in [-0.2, 0) is 10.0 Å². The second-order valence-electron chi connectivity index (χ2n) is 4.09. The van der Waals surface area contributed by atoms with Gasteiger partial charge in [-0.15, -0.1) is 0 Å². The number of hydrogen-bond donors (Lipinski definition) is 2. The first-order valence-corrected chi connectivity index (χ1v) is 8.15. The van der Waals surface area contributed by atoms with Crippen molar-refractivity contribution in [2.45, 2.75) is 11.8 Å². The van der Waals surface area contributed by atoms with E-state index in [-0.39, 0.29) is 15.7 Å². The number of nitrogens with zero attached hydrogens (tertiary/aromatic N) is 1. The van der Waals surface area contributed by atoms with Crippen molar-refractivity contribution >= 4 is 48.9 Å². The Balaban J connectivity index is 2.47. The first-order valence-electron chi connectivity index (χ1n) is 5.50. The summed E-state index contributed by atoms with van der Waals surface area (Å²) in [6, 6.07) is 6.16. The molecule has 0 saturated carbocycles. The van der Waals surface area contributed by atoms with E-state index in [9.17, 15) is 8.42 Å². The lowest BCUT2D eigenvalue weighted by Crippen LogP contribution is -2.15. The molecule has 8 heteroatoms. The van der Waals surface area contributed by atoms with Crippen molar-refractivity contribution in [3.05, 3.63) is 45.7 Å². The molecule has 2 rings (SSSR count). The van der Waals surface area contributed by atoms with Gasteiger partial charge in [0.05, 0.1) is 10.6 Å². The van der Waals surface area contributed by atoms with Gasteiger partial charge in [0.1, 0.15) is 0 Å². The van der Waals surface area contributed by atoms with Crippen molar-refractivity contribution in [3.8, 4) is 0 Å². The minimum Gasteiger partial charge on any atom is -0.398 e. The minimum atomic E-state index is -3.78. The summed E-state index contributed by atoms with van der Waals surface area (Å²) in [4.78, 5) is 3.91. The maximum absolute atomic E-state index is 12.4. The molecule has 0 aliphatic rings. The fourth-order valence-electron chi connectivity index (χ4n) is 1.62. The van der Waals surface area contributed by atoms with Gasteiger partial charge in [-0.05, 0) is 52.7 Å². The smallest absolute Gasteiger partial charge is 0.262 e. The highest BCUT2D eigenvalue weighted by Crippen LogP contribution is 2.29. The highest BCUT2D eigenvalue weighted by Gasteiger charge is 2.19. The lowest BCUT2D eigenvalue weighted by atomic mass is 10.2. The Morgan fingerprint density at radius 1 is 1.40 bits per heavy atom. The lowest BCUT2D eigenvalue weighted by Gasteiger charge is -2.12. The number of hydrogen-bond acceptors (Lipinski definition) is 4. The molecule has 0 unspecified atom stereocenters. The molecule has 0 atom stereocenters. The molecule has 0 amide bonds. The van der Waals surface area contributed by atoms with Gasteiger partial charge >= 0.3 is 0 Å². The molecule has 0 saturated heterocycles. The average Bonchev–Trinajstić information content (AvgIpc) is 2.36. The summed E-state index contributed by atoms with van der Waals surface area (Å²) in [7, 11) is -3.78. The molecule has 0 spiro atoms. The predicted molar refractivity (Wildman–Crippen MR) is 83.3 cm³/mol. The fourth-order valence-corrected chi connectivity index (χ4v) is 3.63. The molecule has 0 radical (unpaired) electrons. The molecule has 0 aliphatic carbocycles. The van der Waals surface area contributed by atoms with Gasteiger partial charge in [-0.25, -0.2) is 13.4 Å². The molecule has 5 nitrogen and oxygen atoms in total. The zero-order valence-electron chi connectivity index (χ0n) is 10.4. The van der Waals surface area contributed by atoms with E-state index >= 15 is 0 Å². The van der Waals surface area contributed by atoms with E-state index in [0.29, 0.717) is 15.7 Å². The van der Waals surface area contributed by atoms with Gasteiger partial charge in [0.25, 0.3) is 10.0 Å². The minimum absolute atomic E-state index is 0.0822. The molecule has 1 aromatic heterocycles. The number of sulfonamides is 1. The predicted octanol–water partition coefficient (Wildman–Crippen LogP) is 3.19. The summed E-state index contributed by atoms with van der Waals surface area (Å²) in [5, 5.41) is 0.0822. The van der Waals surface area contributed by atoms with Crippen LogP contribution in [0.4, 0.5) is 11.4 Å². The third-order valence-corrected chi connectivity index (χ3v) is 5.08. The number of benzene rings is 1. The molecule has 106 valence electrons. The second kappa shape index (κ2) is 5.59. The van der Waals surface area contributed by atoms with Crippen LogP contribution < -0.4 is 10.5 Å². The van der Waals surface area contributed by atoms with Crippen molar-refractivity contribution < 1.29 is 8.42 Å². The molecule has 1 heterocycles. The van der Waals surface area contributed by atoms with E-state index in [1.54, 1.807) is 19.1 Å². The zero-order chi connectivity index (χ0) is 14.9. The molecule has 0 aliphatic heterocycles. The summed E-state index contributed by atoms with van der Waals surface area (Å²) in [6.45, 7) is 1.68. The number of halogens is 2. The van der Waals surface area contributed by atoms with Gasteiger partial charge in [0.15, 0.2) is 5.15 Å². The molecule has 0 bridgehead atoms. The lowest BCUT2D eigenvalue weighted by molar-refractivity contribution is 0.600. The van der Waals surface area contributed by atoms with Gasteiger partial charge in [0.2, 0.25) is 0 Å². The van der Waals surface area contributed by atoms with Crippen molar-refractivity contribution in [1.29, 1.82) is 0 Å². The summed E-state index contributed by atoms with van der Waals surface area (Å²) < 4.78 is 27.8. The Kier molecular flexibility index (Phi) is 4.22. The van der Waals surface area contributed by atoms with E-state index < -0.39 is 10.0 Å². The Morgan fingerprint density at radius 3 is 2.75 bits per heavy atom. The van der Waals surface area contributed by atoms with E-state index in [1.165, 1.54) is 18.3 Å². The van der Waals surface area contributed by atoms with Gasteiger partial charge in [0, 0.05) is 16.4 Å². The van der Waals surface area contributed by atoms with E-state index in [2.05, 4.69) is 25.6 Å². The number of aromatic nitrogens is 1. The number of nitrogen functional groups attached to an aromatic ring is 1. The molecule has 0 fully saturated rings. The average molecular weight is 377 g/mol. The molecule has 3 N–H and O–H groups in total. The van der Waals surface area contributed by atoms with Crippen molar-refractivity contribution in [3.63, 3.8) is 0 Å². The standard InChI is InChI=1S/C12H11BrClN3O2S/c1-7-5-8(13)9(15)6-11(7)20(18,19)17-10-3-2-4-16-12(10)14/h2-6,17H,15H2,1H3. The van der Waals surface area contributed by atoms with Crippen molar-refractivity contribution in [2.75, 3.05) is 10.5 Å². The molecule has 2 aromatic rings. The quantitative estimate of drug-likeness (QED) is 0.636. The third kappa shape index (κ3) is 3.05. The Bertz CT molecular complexity index is 765. The van der Waals surface area contributed by atoms with Crippen LogP contribution in [0.15, 0.2) is 39.8 Å².